The Balaban J connectivity index is 0.00000144. The van der Waals surface area contributed by atoms with Crippen LogP contribution in [0, 0.1) is 34.5 Å². The zero-order valence-electron chi connectivity index (χ0n) is 9.25. The number of pyridine rings is 1. The van der Waals surface area contributed by atoms with Gasteiger partial charge in [0.15, 0.2) is 18.1 Å². The van der Waals surface area contributed by atoms with Crippen LogP contribution in [-0.4, -0.2) is 0 Å². The summed E-state index contributed by atoms with van der Waals surface area (Å²) in [5, 5.41) is 17.9. The molecule has 0 amide bonds. The van der Waals surface area contributed by atoms with Gasteiger partial charge in [-0.15, -0.1) is 0 Å². The summed E-state index contributed by atoms with van der Waals surface area (Å²) in [5.74, 6) is -0.337. The number of rotatable bonds is 1. The van der Waals surface area contributed by atoms with Crippen LogP contribution in [0.15, 0.2) is 36.7 Å². The molecule has 1 aromatic heterocycles. The summed E-state index contributed by atoms with van der Waals surface area (Å²) in [6.07, 6.45) is 7.32. The Bertz CT molecular complexity index is 482. The van der Waals surface area contributed by atoms with Crippen molar-refractivity contribution < 1.29 is 21.5 Å². The monoisotopic (exact) mass is 289 g/mol. The minimum atomic E-state index is -0.183. The number of nitrogens with zero attached hydrogens (tertiary/aromatic N) is 3. The molecule has 4 heteroatoms. The predicted octanol–water partition coefficient (Wildman–Crippen LogP) is -1.11. The highest BCUT2D eigenvalue weighted by Crippen LogP contribution is 2.28. The van der Waals surface area contributed by atoms with E-state index < -0.39 is 0 Å². The Hall–Kier alpha value is -1.65. The first-order valence-electron chi connectivity index (χ1n) is 5.30. The molecule has 0 aromatic carbocycles. The molecule has 1 aliphatic rings. The van der Waals surface area contributed by atoms with Crippen molar-refractivity contribution in [2.24, 2.45) is 11.8 Å². The van der Waals surface area contributed by atoms with Gasteiger partial charge in [0.2, 0.25) is 0 Å². The van der Waals surface area contributed by atoms with Crippen molar-refractivity contribution in [3.63, 3.8) is 0 Å². The average molecular weight is 290 g/mol. The van der Waals surface area contributed by atoms with Crippen LogP contribution in [0.4, 0.5) is 0 Å². The van der Waals surface area contributed by atoms with E-state index in [9.17, 15) is 0 Å². The van der Waals surface area contributed by atoms with Gasteiger partial charge in [-0.3, -0.25) is 0 Å². The van der Waals surface area contributed by atoms with Crippen molar-refractivity contribution in [1.82, 2.24) is 0 Å². The molecule has 0 radical (unpaired) electrons. The zero-order valence-corrected chi connectivity index (χ0v) is 10.8. The molecular weight excluding hydrogens is 278 g/mol. The van der Waals surface area contributed by atoms with Crippen molar-refractivity contribution in [3.8, 4) is 12.1 Å². The van der Waals surface area contributed by atoms with Gasteiger partial charge in [0, 0.05) is 18.6 Å². The minimum absolute atomic E-state index is 0. The fourth-order valence-corrected chi connectivity index (χ4v) is 1.96. The molecule has 0 saturated heterocycles. The van der Waals surface area contributed by atoms with Crippen molar-refractivity contribution in [2.45, 2.75) is 12.8 Å². The third kappa shape index (κ3) is 2.93. The molecule has 1 aromatic rings. The molecule has 0 unspecified atom stereocenters. The van der Waals surface area contributed by atoms with E-state index in [1.807, 2.05) is 35.2 Å². The second-order valence-electron chi connectivity index (χ2n) is 3.89. The van der Waals surface area contributed by atoms with Crippen LogP contribution in [0.3, 0.4) is 0 Å². The number of hydrogen-bond acceptors (Lipinski definition) is 2. The molecule has 0 N–H and O–H groups in total. The summed E-state index contributed by atoms with van der Waals surface area (Å²) >= 11 is 0. The van der Waals surface area contributed by atoms with Crippen molar-refractivity contribution in [3.05, 3.63) is 36.7 Å². The second kappa shape index (κ2) is 6.18. The average Bonchev–Trinajstić information content (AvgIpc) is 2.39. The lowest BCUT2D eigenvalue weighted by Crippen LogP contribution is -3.00. The molecule has 1 heterocycles. The van der Waals surface area contributed by atoms with Gasteiger partial charge in [-0.2, -0.15) is 15.1 Å². The van der Waals surface area contributed by atoms with Gasteiger partial charge >= 0.3 is 0 Å². The van der Waals surface area contributed by atoms with Crippen molar-refractivity contribution in [2.75, 3.05) is 0 Å². The van der Waals surface area contributed by atoms with Gasteiger partial charge in [-0.05, 0) is 12.5 Å². The Morgan fingerprint density at radius 2 is 1.71 bits per heavy atom. The maximum absolute atomic E-state index is 9.02. The van der Waals surface area contributed by atoms with E-state index in [-0.39, 0.29) is 28.8 Å². The van der Waals surface area contributed by atoms with E-state index in [2.05, 4.69) is 18.2 Å². The summed E-state index contributed by atoms with van der Waals surface area (Å²) in [4.78, 5) is 0. The van der Waals surface area contributed by atoms with Crippen LogP contribution >= 0.6 is 0 Å². The SMILES string of the molecule is N#C[C@H]1CC=C([n+]2ccccc2)C[C@@H]1C#N.[Br-]. The highest BCUT2D eigenvalue weighted by Gasteiger charge is 2.29. The van der Waals surface area contributed by atoms with Crippen LogP contribution in [0.25, 0.3) is 5.70 Å². The number of allylic oxidation sites excluding steroid dienone is 2. The largest absolute Gasteiger partial charge is 1.00 e. The van der Waals surface area contributed by atoms with E-state index in [0.29, 0.717) is 12.8 Å². The van der Waals surface area contributed by atoms with Crippen LogP contribution in [-0.2, 0) is 0 Å². The molecule has 0 saturated carbocycles. The van der Waals surface area contributed by atoms with Gasteiger partial charge < -0.3 is 17.0 Å². The maximum Gasteiger partial charge on any atom is 0.184 e. The Morgan fingerprint density at radius 3 is 2.29 bits per heavy atom. The number of hydrogen-bond donors (Lipinski definition) is 0. The predicted molar refractivity (Wildman–Crippen MR) is 58.4 cm³/mol. The lowest BCUT2D eigenvalue weighted by Gasteiger charge is -2.17. The molecule has 0 bridgehead atoms. The van der Waals surface area contributed by atoms with Crippen LogP contribution in [0.2, 0.25) is 0 Å². The molecule has 3 nitrogen and oxygen atoms in total. The van der Waals surface area contributed by atoms with Gasteiger partial charge in [0.1, 0.15) is 0 Å². The molecule has 0 aliphatic heterocycles. The first-order valence-corrected chi connectivity index (χ1v) is 5.30. The van der Waals surface area contributed by atoms with Gasteiger partial charge in [-0.1, -0.05) is 6.07 Å². The Kier molecular flexibility index (Phi) is 4.87. The minimum Gasteiger partial charge on any atom is -1.00 e. The van der Waals surface area contributed by atoms with E-state index in [0.717, 1.165) is 5.70 Å². The quantitative estimate of drug-likeness (QED) is 0.616. The first kappa shape index (κ1) is 13.4. The summed E-state index contributed by atoms with van der Waals surface area (Å²) in [5.41, 5.74) is 1.11. The third-order valence-electron chi connectivity index (χ3n) is 2.90. The van der Waals surface area contributed by atoms with E-state index >= 15 is 0 Å². The normalized spacial score (nSPS) is 22.6. The van der Waals surface area contributed by atoms with Crippen molar-refractivity contribution >= 4 is 5.70 Å². The summed E-state index contributed by atoms with van der Waals surface area (Å²) in [6.45, 7) is 0. The summed E-state index contributed by atoms with van der Waals surface area (Å²) in [6, 6.07) is 10.3. The molecule has 2 atom stereocenters. The molecule has 86 valence electrons. The molecular formula is C13H12BrN3. The number of aromatic nitrogens is 1. The van der Waals surface area contributed by atoms with Crippen molar-refractivity contribution in [1.29, 1.82) is 10.5 Å². The number of halogens is 1. The zero-order chi connectivity index (χ0) is 11.4. The highest BCUT2D eigenvalue weighted by molar-refractivity contribution is 5.38. The van der Waals surface area contributed by atoms with Crippen LogP contribution in [0.5, 0.6) is 0 Å². The smallest absolute Gasteiger partial charge is 0.184 e. The fourth-order valence-electron chi connectivity index (χ4n) is 1.96. The van der Waals surface area contributed by atoms with Crippen LogP contribution < -0.4 is 21.5 Å². The molecule has 17 heavy (non-hydrogen) atoms. The maximum atomic E-state index is 9.02. The van der Waals surface area contributed by atoms with Crippen LogP contribution in [0.1, 0.15) is 12.8 Å². The van der Waals surface area contributed by atoms with Gasteiger partial charge in [-0.25, -0.2) is 0 Å². The molecule has 2 rings (SSSR count). The summed E-state index contributed by atoms with van der Waals surface area (Å²) < 4.78 is 2.01. The standard InChI is InChI=1S/C13H12N3.BrH/c14-9-11-4-5-13(8-12(11)10-15)16-6-2-1-3-7-16;/h1-3,5-7,11-12H,4,8H2;1H/q+1;/p-1/t11-,12-;/m1./s1. The lowest BCUT2D eigenvalue weighted by molar-refractivity contribution is -0.584. The van der Waals surface area contributed by atoms with E-state index in [1.54, 1.807) is 0 Å². The molecule has 1 aliphatic carbocycles. The molecule has 0 fully saturated rings. The fraction of sp³-hybridized carbons (Fsp3) is 0.308. The Labute approximate surface area is 111 Å². The second-order valence-corrected chi connectivity index (χ2v) is 3.89. The Morgan fingerprint density at radius 1 is 1.06 bits per heavy atom. The topological polar surface area (TPSA) is 51.5 Å². The third-order valence-corrected chi connectivity index (χ3v) is 2.90. The van der Waals surface area contributed by atoms with E-state index in [4.69, 9.17) is 10.5 Å². The lowest BCUT2D eigenvalue weighted by atomic mass is 9.83. The summed E-state index contributed by atoms with van der Waals surface area (Å²) in [7, 11) is 0. The van der Waals surface area contributed by atoms with Gasteiger partial charge in [0.05, 0.1) is 24.0 Å². The molecule has 0 spiro atoms. The van der Waals surface area contributed by atoms with Gasteiger partial charge in [0.25, 0.3) is 0 Å². The first-order chi connectivity index (χ1) is 7.85. The highest BCUT2D eigenvalue weighted by atomic mass is 79.9. The number of nitriles is 2. The van der Waals surface area contributed by atoms with E-state index in [1.165, 1.54) is 0 Å².